The van der Waals surface area contributed by atoms with Gasteiger partial charge in [-0.3, -0.25) is 14.4 Å². The molecule has 380 valence electrons. The predicted molar refractivity (Wildman–Crippen MR) is 275 cm³/mol. The molecule has 0 spiro atoms. The van der Waals surface area contributed by atoms with Crippen molar-refractivity contribution in [3.63, 3.8) is 0 Å². The van der Waals surface area contributed by atoms with E-state index in [2.05, 4.69) is 34.6 Å². The van der Waals surface area contributed by atoms with E-state index in [-0.39, 0.29) is 31.1 Å². The first-order valence-corrected chi connectivity index (χ1v) is 28.8. The minimum atomic E-state index is -0.760. The Balaban J connectivity index is 4.04. The normalized spacial score (nSPS) is 12.5. The third-order valence-corrected chi connectivity index (χ3v) is 13.6. The zero-order valence-corrected chi connectivity index (χ0v) is 43.9. The van der Waals surface area contributed by atoms with Crippen molar-refractivity contribution in [2.75, 3.05) is 13.2 Å². The van der Waals surface area contributed by atoms with E-state index in [0.29, 0.717) is 19.3 Å². The van der Waals surface area contributed by atoms with Crippen LogP contribution in [0.5, 0.6) is 0 Å². The van der Waals surface area contributed by atoms with Crippen LogP contribution in [0.15, 0.2) is 0 Å². The maximum atomic E-state index is 12.8. The molecule has 0 aromatic carbocycles. The Bertz CT molecular complexity index is 980. The summed E-state index contributed by atoms with van der Waals surface area (Å²) in [5, 5.41) is 0. The topological polar surface area (TPSA) is 78.9 Å². The van der Waals surface area contributed by atoms with Crippen LogP contribution in [-0.4, -0.2) is 37.2 Å². The molecule has 2 atom stereocenters. The van der Waals surface area contributed by atoms with Crippen molar-refractivity contribution < 1.29 is 28.6 Å². The van der Waals surface area contributed by atoms with Crippen LogP contribution < -0.4 is 0 Å². The molecule has 0 fully saturated rings. The van der Waals surface area contributed by atoms with Gasteiger partial charge in [0.15, 0.2) is 6.10 Å². The van der Waals surface area contributed by atoms with Gasteiger partial charge >= 0.3 is 17.9 Å². The largest absolute Gasteiger partial charge is 0.462 e. The van der Waals surface area contributed by atoms with Crippen LogP contribution >= 0.6 is 0 Å². The lowest BCUT2D eigenvalue weighted by molar-refractivity contribution is -0.167. The van der Waals surface area contributed by atoms with E-state index in [0.717, 1.165) is 76.0 Å². The lowest BCUT2D eigenvalue weighted by atomic mass is 9.99. The summed E-state index contributed by atoms with van der Waals surface area (Å²) in [7, 11) is 0. The van der Waals surface area contributed by atoms with Crippen LogP contribution in [0.2, 0.25) is 0 Å². The Labute approximate surface area is 399 Å². The zero-order valence-electron chi connectivity index (χ0n) is 43.9. The van der Waals surface area contributed by atoms with E-state index >= 15 is 0 Å². The summed E-state index contributed by atoms with van der Waals surface area (Å²) in [5.41, 5.74) is 0. The van der Waals surface area contributed by atoms with Crippen molar-refractivity contribution in [1.82, 2.24) is 0 Å². The van der Waals surface area contributed by atoms with Gasteiger partial charge in [-0.2, -0.15) is 0 Å². The van der Waals surface area contributed by atoms with E-state index in [1.165, 1.54) is 205 Å². The Morgan fingerprint density at radius 1 is 0.328 bits per heavy atom. The van der Waals surface area contributed by atoms with Gasteiger partial charge in [0, 0.05) is 19.3 Å². The average Bonchev–Trinajstić information content (AvgIpc) is 3.28. The van der Waals surface area contributed by atoms with Crippen LogP contribution in [0, 0.1) is 11.8 Å². The Kier molecular flexibility index (Phi) is 49.6. The molecule has 0 saturated heterocycles. The van der Waals surface area contributed by atoms with Crippen molar-refractivity contribution in [3.05, 3.63) is 0 Å². The molecule has 0 N–H and O–H groups in total. The fraction of sp³-hybridized carbons (Fsp3) is 0.948. The van der Waals surface area contributed by atoms with Gasteiger partial charge in [0.2, 0.25) is 0 Å². The van der Waals surface area contributed by atoms with Gasteiger partial charge in [-0.15, -0.1) is 0 Å². The standard InChI is InChI=1S/C58H112O6/c1-6-8-9-36-43-48-56(59)62-51-55(52-63-57(60)49-44-39-34-30-26-22-18-15-14-16-20-24-28-32-37-41-46-53(3)4)64-58(61)50-45-40-35-31-27-23-19-13-11-10-12-17-21-25-29-33-38-42-47-54(5)7-2/h53-55H,6-52H2,1-5H3/t54?,55-/m1/s1. The van der Waals surface area contributed by atoms with Crippen LogP contribution in [0.1, 0.15) is 324 Å². The van der Waals surface area contributed by atoms with Crippen LogP contribution in [0.4, 0.5) is 0 Å². The summed E-state index contributed by atoms with van der Waals surface area (Å²) in [6, 6.07) is 0. The highest BCUT2D eigenvalue weighted by molar-refractivity contribution is 5.71. The molecular weight excluding hydrogens is 793 g/mol. The zero-order chi connectivity index (χ0) is 46.8. The number of carbonyl (C=O) groups excluding carboxylic acids is 3. The summed E-state index contributed by atoms with van der Waals surface area (Å²) in [6.07, 6.45) is 54.2. The minimum absolute atomic E-state index is 0.0639. The van der Waals surface area contributed by atoms with E-state index in [9.17, 15) is 14.4 Å². The number of rotatable bonds is 52. The van der Waals surface area contributed by atoms with Crippen molar-refractivity contribution in [3.8, 4) is 0 Å². The third kappa shape index (κ3) is 49.8. The van der Waals surface area contributed by atoms with Crippen molar-refractivity contribution in [1.29, 1.82) is 0 Å². The lowest BCUT2D eigenvalue weighted by Gasteiger charge is -2.18. The SMILES string of the molecule is CCCCCCCC(=O)OC[C@H](COC(=O)CCCCCCCCCCCCCCCCCCC(C)C)OC(=O)CCCCCCCCCCCCCCCCCCCCC(C)CC. The molecule has 0 radical (unpaired) electrons. The lowest BCUT2D eigenvalue weighted by Crippen LogP contribution is -2.30. The first-order valence-electron chi connectivity index (χ1n) is 28.8. The third-order valence-electron chi connectivity index (χ3n) is 13.6. The van der Waals surface area contributed by atoms with E-state index in [1.54, 1.807) is 0 Å². The van der Waals surface area contributed by atoms with Crippen molar-refractivity contribution in [2.45, 2.75) is 330 Å². The quantitative estimate of drug-likeness (QED) is 0.0344. The van der Waals surface area contributed by atoms with Gasteiger partial charge in [0.05, 0.1) is 0 Å². The fourth-order valence-corrected chi connectivity index (χ4v) is 8.84. The fourth-order valence-electron chi connectivity index (χ4n) is 8.84. The Morgan fingerprint density at radius 2 is 0.594 bits per heavy atom. The highest BCUT2D eigenvalue weighted by Crippen LogP contribution is 2.19. The second kappa shape index (κ2) is 50.8. The number of esters is 3. The number of hydrogen-bond acceptors (Lipinski definition) is 6. The number of hydrogen-bond donors (Lipinski definition) is 0. The molecule has 0 bridgehead atoms. The first-order chi connectivity index (χ1) is 31.3. The summed E-state index contributed by atoms with van der Waals surface area (Å²) < 4.78 is 16.7. The summed E-state index contributed by atoms with van der Waals surface area (Å²) in [6.45, 7) is 11.4. The van der Waals surface area contributed by atoms with Crippen LogP contribution in [0.25, 0.3) is 0 Å². The van der Waals surface area contributed by atoms with Gasteiger partial charge in [-0.25, -0.2) is 0 Å². The minimum Gasteiger partial charge on any atom is -0.462 e. The molecule has 64 heavy (non-hydrogen) atoms. The van der Waals surface area contributed by atoms with Gasteiger partial charge in [-0.05, 0) is 31.1 Å². The summed E-state index contributed by atoms with van der Waals surface area (Å²) in [5.74, 6) is 0.907. The van der Waals surface area contributed by atoms with E-state index < -0.39 is 6.10 Å². The second-order valence-corrected chi connectivity index (χ2v) is 20.6. The Morgan fingerprint density at radius 3 is 0.891 bits per heavy atom. The molecule has 0 rings (SSSR count). The number of ether oxygens (including phenoxy) is 3. The van der Waals surface area contributed by atoms with Gasteiger partial charge in [0.1, 0.15) is 13.2 Å². The summed E-state index contributed by atoms with van der Waals surface area (Å²) in [4.78, 5) is 37.8. The van der Waals surface area contributed by atoms with Crippen LogP contribution in [-0.2, 0) is 28.6 Å². The highest BCUT2D eigenvalue weighted by atomic mass is 16.6. The molecule has 0 aliphatic rings. The average molecular weight is 906 g/mol. The number of carbonyl (C=O) groups is 3. The molecule has 0 heterocycles. The monoisotopic (exact) mass is 905 g/mol. The molecule has 0 saturated carbocycles. The molecule has 6 nitrogen and oxygen atoms in total. The first kappa shape index (κ1) is 62.4. The van der Waals surface area contributed by atoms with Gasteiger partial charge in [-0.1, -0.05) is 285 Å². The van der Waals surface area contributed by atoms with Crippen molar-refractivity contribution >= 4 is 17.9 Å². The van der Waals surface area contributed by atoms with Crippen molar-refractivity contribution in [2.24, 2.45) is 11.8 Å². The molecule has 1 unspecified atom stereocenters. The predicted octanol–water partition coefficient (Wildman–Crippen LogP) is 18.9. The Hall–Kier alpha value is -1.59. The van der Waals surface area contributed by atoms with E-state index in [4.69, 9.17) is 14.2 Å². The maximum absolute atomic E-state index is 12.8. The van der Waals surface area contributed by atoms with Gasteiger partial charge < -0.3 is 14.2 Å². The molecule has 0 aliphatic heterocycles. The molecule has 6 heteroatoms. The molecule has 0 aromatic heterocycles. The van der Waals surface area contributed by atoms with Crippen LogP contribution in [0.3, 0.4) is 0 Å². The molecular formula is C58H112O6. The smallest absolute Gasteiger partial charge is 0.306 e. The highest BCUT2D eigenvalue weighted by Gasteiger charge is 2.19. The van der Waals surface area contributed by atoms with E-state index in [1.807, 2.05) is 0 Å². The molecule has 0 aromatic rings. The second-order valence-electron chi connectivity index (χ2n) is 20.6. The maximum Gasteiger partial charge on any atom is 0.306 e. The van der Waals surface area contributed by atoms with Gasteiger partial charge in [0.25, 0.3) is 0 Å². The summed E-state index contributed by atoms with van der Waals surface area (Å²) >= 11 is 0. The molecule has 0 aliphatic carbocycles. The number of unbranched alkanes of at least 4 members (excludes halogenated alkanes) is 36. The molecule has 0 amide bonds.